The fourth-order valence-corrected chi connectivity index (χ4v) is 1.82. The van der Waals surface area contributed by atoms with Gasteiger partial charge in [-0.2, -0.15) is 0 Å². The van der Waals surface area contributed by atoms with E-state index in [9.17, 15) is 4.79 Å². The summed E-state index contributed by atoms with van der Waals surface area (Å²) < 4.78 is 5.53. The van der Waals surface area contributed by atoms with Gasteiger partial charge in [0.15, 0.2) is 0 Å². The van der Waals surface area contributed by atoms with Gasteiger partial charge in [0.25, 0.3) is 5.91 Å². The molecule has 1 atom stereocenters. The Balaban J connectivity index is 2.06. The molecule has 1 saturated heterocycles. The van der Waals surface area contributed by atoms with Crippen molar-refractivity contribution < 1.29 is 9.53 Å². The lowest BCUT2D eigenvalue weighted by Crippen LogP contribution is -2.45. The van der Waals surface area contributed by atoms with E-state index in [0.29, 0.717) is 25.4 Å². The topological polar surface area (TPSA) is 55.3 Å². The Labute approximate surface area is 101 Å². The maximum absolute atomic E-state index is 12.1. The zero-order chi connectivity index (χ0) is 12.3. The molecule has 0 radical (unpaired) electrons. The standard InChI is InChI=1S/C12H17N3O2/c1-3-10-8-15(4-5-17-10)12(16)11-7-13-9(2)6-14-11/h6-7,10H,3-5,8H2,1-2H3/t10-/m1/s1. The van der Waals surface area contributed by atoms with E-state index in [0.717, 1.165) is 12.1 Å². The van der Waals surface area contributed by atoms with E-state index in [-0.39, 0.29) is 12.0 Å². The Morgan fingerprint density at radius 1 is 1.53 bits per heavy atom. The summed E-state index contributed by atoms with van der Waals surface area (Å²) in [6.45, 7) is 5.78. The minimum absolute atomic E-state index is 0.0562. The van der Waals surface area contributed by atoms with E-state index < -0.39 is 0 Å². The second-order valence-electron chi connectivity index (χ2n) is 4.20. The quantitative estimate of drug-likeness (QED) is 0.768. The molecule has 0 bridgehead atoms. The molecule has 1 amide bonds. The van der Waals surface area contributed by atoms with Crippen molar-refractivity contribution in [3.63, 3.8) is 0 Å². The molecule has 5 heteroatoms. The largest absolute Gasteiger partial charge is 0.375 e. The van der Waals surface area contributed by atoms with Crippen molar-refractivity contribution in [1.29, 1.82) is 0 Å². The predicted octanol–water partition coefficient (Wildman–Crippen LogP) is 1.04. The third-order valence-corrected chi connectivity index (χ3v) is 2.88. The van der Waals surface area contributed by atoms with Crippen LogP contribution in [0.25, 0.3) is 0 Å². The third-order valence-electron chi connectivity index (χ3n) is 2.88. The first-order valence-corrected chi connectivity index (χ1v) is 5.90. The second-order valence-corrected chi connectivity index (χ2v) is 4.20. The number of amides is 1. The molecule has 5 nitrogen and oxygen atoms in total. The van der Waals surface area contributed by atoms with Crippen LogP contribution in [0.2, 0.25) is 0 Å². The van der Waals surface area contributed by atoms with Gasteiger partial charge < -0.3 is 9.64 Å². The second kappa shape index (κ2) is 5.23. The SMILES string of the molecule is CC[C@@H]1CN(C(=O)c2cnc(C)cn2)CCO1. The number of rotatable bonds is 2. The molecule has 17 heavy (non-hydrogen) atoms. The molecule has 0 saturated carbocycles. The van der Waals surface area contributed by atoms with Crippen LogP contribution in [0.4, 0.5) is 0 Å². The molecular formula is C12H17N3O2. The molecule has 2 heterocycles. The number of nitrogens with zero attached hydrogens (tertiary/aromatic N) is 3. The summed E-state index contributed by atoms with van der Waals surface area (Å²) >= 11 is 0. The summed E-state index contributed by atoms with van der Waals surface area (Å²) in [5.74, 6) is -0.0562. The van der Waals surface area contributed by atoms with E-state index in [1.165, 1.54) is 6.20 Å². The zero-order valence-corrected chi connectivity index (χ0v) is 10.2. The Morgan fingerprint density at radius 3 is 3.00 bits per heavy atom. The van der Waals surface area contributed by atoms with E-state index >= 15 is 0 Å². The number of aryl methyl sites for hydroxylation is 1. The number of ether oxygens (including phenoxy) is 1. The van der Waals surface area contributed by atoms with Crippen molar-refractivity contribution in [1.82, 2.24) is 14.9 Å². The highest BCUT2D eigenvalue weighted by Gasteiger charge is 2.24. The first-order chi connectivity index (χ1) is 8.20. The molecular weight excluding hydrogens is 218 g/mol. The fraction of sp³-hybridized carbons (Fsp3) is 0.583. The first-order valence-electron chi connectivity index (χ1n) is 5.90. The molecule has 92 valence electrons. The monoisotopic (exact) mass is 235 g/mol. The Morgan fingerprint density at radius 2 is 2.35 bits per heavy atom. The van der Waals surface area contributed by atoms with Gasteiger partial charge in [-0.25, -0.2) is 4.98 Å². The van der Waals surface area contributed by atoms with Gasteiger partial charge in [0.1, 0.15) is 5.69 Å². The molecule has 0 unspecified atom stereocenters. The molecule has 1 fully saturated rings. The van der Waals surface area contributed by atoms with Crippen molar-refractivity contribution in [2.75, 3.05) is 19.7 Å². The number of hydrogen-bond donors (Lipinski definition) is 0. The smallest absolute Gasteiger partial charge is 0.274 e. The maximum atomic E-state index is 12.1. The number of carbonyl (C=O) groups excluding carboxylic acids is 1. The average Bonchev–Trinajstić information content (AvgIpc) is 2.39. The highest BCUT2D eigenvalue weighted by molar-refractivity contribution is 5.92. The van der Waals surface area contributed by atoms with Crippen molar-refractivity contribution in [3.05, 3.63) is 23.8 Å². The summed E-state index contributed by atoms with van der Waals surface area (Å²) in [5, 5.41) is 0. The number of hydrogen-bond acceptors (Lipinski definition) is 4. The number of morpholine rings is 1. The zero-order valence-electron chi connectivity index (χ0n) is 10.2. The van der Waals surface area contributed by atoms with Crippen LogP contribution in [-0.2, 0) is 4.74 Å². The summed E-state index contributed by atoms with van der Waals surface area (Å²) in [6, 6.07) is 0. The van der Waals surface area contributed by atoms with Gasteiger partial charge in [-0.1, -0.05) is 6.92 Å². The Kier molecular flexibility index (Phi) is 3.68. The van der Waals surface area contributed by atoms with Gasteiger partial charge >= 0.3 is 0 Å². The highest BCUT2D eigenvalue weighted by Crippen LogP contribution is 2.11. The molecule has 1 aliphatic rings. The summed E-state index contributed by atoms with van der Waals surface area (Å²) in [5.41, 5.74) is 1.22. The Hall–Kier alpha value is -1.49. The van der Waals surface area contributed by atoms with Crippen LogP contribution in [0.3, 0.4) is 0 Å². The van der Waals surface area contributed by atoms with Crippen molar-refractivity contribution >= 4 is 5.91 Å². The molecule has 0 spiro atoms. The van der Waals surface area contributed by atoms with E-state index in [1.54, 1.807) is 11.1 Å². The average molecular weight is 235 g/mol. The van der Waals surface area contributed by atoms with Gasteiger partial charge in [0.05, 0.1) is 24.6 Å². The highest BCUT2D eigenvalue weighted by atomic mass is 16.5. The van der Waals surface area contributed by atoms with E-state index in [4.69, 9.17) is 4.74 Å². The van der Waals surface area contributed by atoms with Crippen LogP contribution < -0.4 is 0 Å². The number of aromatic nitrogens is 2. The molecule has 0 aliphatic carbocycles. The van der Waals surface area contributed by atoms with Crippen molar-refractivity contribution in [2.45, 2.75) is 26.4 Å². The first kappa shape index (κ1) is 12.0. The molecule has 0 N–H and O–H groups in total. The minimum atomic E-state index is -0.0562. The van der Waals surface area contributed by atoms with Crippen LogP contribution in [0, 0.1) is 6.92 Å². The van der Waals surface area contributed by atoms with E-state index in [1.807, 2.05) is 6.92 Å². The minimum Gasteiger partial charge on any atom is -0.375 e. The third kappa shape index (κ3) is 2.79. The van der Waals surface area contributed by atoms with Crippen LogP contribution in [0.5, 0.6) is 0 Å². The van der Waals surface area contributed by atoms with Crippen LogP contribution in [0.15, 0.2) is 12.4 Å². The molecule has 1 aromatic heterocycles. The predicted molar refractivity (Wildman–Crippen MR) is 62.7 cm³/mol. The summed E-state index contributed by atoms with van der Waals surface area (Å²) in [4.78, 5) is 22.1. The molecule has 1 aliphatic heterocycles. The van der Waals surface area contributed by atoms with Gasteiger partial charge in [-0.15, -0.1) is 0 Å². The van der Waals surface area contributed by atoms with Crippen molar-refractivity contribution in [2.24, 2.45) is 0 Å². The normalized spacial score (nSPS) is 20.4. The lowest BCUT2D eigenvalue weighted by Gasteiger charge is -2.32. The van der Waals surface area contributed by atoms with Crippen LogP contribution in [-0.4, -0.2) is 46.6 Å². The summed E-state index contributed by atoms with van der Waals surface area (Å²) in [6.07, 6.45) is 4.22. The fourth-order valence-electron chi connectivity index (χ4n) is 1.82. The Bertz CT molecular complexity index is 391. The van der Waals surface area contributed by atoms with E-state index in [2.05, 4.69) is 16.9 Å². The number of carbonyl (C=O) groups is 1. The molecule has 0 aromatic carbocycles. The van der Waals surface area contributed by atoms with Gasteiger partial charge in [-0.05, 0) is 13.3 Å². The van der Waals surface area contributed by atoms with Crippen molar-refractivity contribution in [3.8, 4) is 0 Å². The van der Waals surface area contributed by atoms with Crippen LogP contribution in [0.1, 0.15) is 29.5 Å². The van der Waals surface area contributed by atoms with Crippen LogP contribution >= 0.6 is 0 Å². The summed E-state index contributed by atoms with van der Waals surface area (Å²) in [7, 11) is 0. The maximum Gasteiger partial charge on any atom is 0.274 e. The lowest BCUT2D eigenvalue weighted by atomic mass is 10.2. The molecule has 2 rings (SSSR count). The van der Waals surface area contributed by atoms with Gasteiger partial charge in [-0.3, -0.25) is 9.78 Å². The van der Waals surface area contributed by atoms with Gasteiger partial charge in [0, 0.05) is 19.3 Å². The van der Waals surface area contributed by atoms with Gasteiger partial charge in [0.2, 0.25) is 0 Å². The lowest BCUT2D eigenvalue weighted by molar-refractivity contribution is -0.0228. The molecule has 1 aromatic rings.